The highest BCUT2D eigenvalue weighted by molar-refractivity contribution is 5.68. The van der Waals surface area contributed by atoms with Crippen molar-refractivity contribution < 1.29 is 23.8 Å². The molecule has 1 aromatic carbocycles. The van der Waals surface area contributed by atoms with E-state index in [1.165, 1.54) is 19.2 Å². The molecular weight excluding hydrogens is 301 g/mol. The lowest BCUT2D eigenvalue weighted by Crippen LogP contribution is -2.35. The third-order valence-electron chi connectivity index (χ3n) is 3.84. The monoisotopic (exact) mass is 325 g/mol. The van der Waals surface area contributed by atoms with Crippen LogP contribution in [0.2, 0.25) is 0 Å². The van der Waals surface area contributed by atoms with E-state index in [4.69, 9.17) is 9.47 Å². The van der Waals surface area contributed by atoms with E-state index < -0.39 is 17.5 Å². The van der Waals surface area contributed by atoms with Crippen molar-refractivity contribution in [3.63, 3.8) is 0 Å². The smallest absolute Gasteiger partial charge is 0.410 e. The van der Waals surface area contributed by atoms with Gasteiger partial charge in [0.25, 0.3) is 0 Å². The molecule has 5 nitrogen and oxygen atoms in total. The number of amides is 1. The van der Waals surface area contributed by atoms with Crippen molar-refractivity contribution in [3.05, 3.63) is 29.6 Å². The first-order valence-corrected chi connectivity index (χ1v) is 7.70. The number of ether oxygens (including phenoxy) is 2. The lowest BCUT2D eigenvalue weighted by atomic mass is 9.95. The number of carbonyl (C=O) groups is 1. The molecule has 23 heavy (non-hydrogen) atoms. The maximum absolute atomic E-state index is 13.8. The quantitative estimate of drug-likeness (QED) is 0.927. The molecule has 2 atom stereocenters. The summed E-state index contributed by atoms with van der Waals surface area (Å²) < 4.78 is 24.0. The van der Waals surface area contributed by atoms with Gasteiger partial charge in [-0.25, -0.2) is 9.18 Å². The fraction of sp³-hybridized carbons (Fsp3) is 0.588. The average molecular weight is 325 g/mol. The van der Waals surface area contributed by atoms with E-state index in [0.29, 0.717) is 25.1 Å². The molecule has 1 amide bonds. The van der Waals surface area contributed by atoms with Crippen molar-refractivity contribution in [2.75, 3.05) is 20.2 Å². The Bertz CT molecular complexity index is 570. The third-order valence-corrected chi connectivity index (χ3v) is 3.84. The molecule has 128 valence electrons. The summed E-state index contributed by atoms with van der Waals surface area (Å²) in [5.74, 6) is -0.510. The fourth-order valence-electron chi connectivity index (χ4n) is 2.68. The normalized spacial score (nSPS) is 19.6. The molecule has 1 saturated heterocycles. The molecule has 0 aliphatic carbocycles. The number of methoxy groups -OCH3 is 1. The van der Waals surface area contributed by atoms with Crippen LogP contribution in [0, 0.1) is 11.7 Å². The van der Waals surface area contributed by atoms with Crippen LogP contribution in [0.15, 0.2) is 18.2 Å². The predicted molar refractivity (Wildman–Crippen MR) is 83.8 cm³/mol. The van der Waals surface area contributed by atoms with Crippen LogP contribution in [0.1, 0.15) is 38.9 Å². The molecule has 0 saturated carbocycles. The minimum Gasteiger partial charge on any atom is -0.494 e. The van der Waals surface area contributed by atoms with Gasteiger partial charge in [0.15, 0.2) is 11.6 Å². The zero-order valence-electron chi connectivity index (χ0n) is 14.0. The lowest BCUT2D eigenvalue weighted by Gasteiger charge is -2.25. The number of likely N-dealkylation sites (tertiary alicyclic amines) is 1. The van der Waals surface area contributed by atoms with Crippen LogP contribution >= 0.6 is 0 Å². The first-order chi connectivity index (χ1) is 10.7. The number of nitrogens with zero attached hydrogens (tertiary/aromatic N) is 1. The maximum Gasteiger partial charge on any atom is 0.410 e. The van der Waals surface area contributed by atoms with Gasteiger partial charge in [-0.15, -0.1) is 0 Å². The molecule has 2 unspecified atom stereocenters. The topological polar surface area (TPSA) is 59.0 Å². The van der Waals surface area contributed by atoms with E-state index >= 15 is 0 Å². The summed E-state index contributed by atoms with van der Waals surface area (Å²) >= 11 is 0. The van der Waals surface area contributed by atoms with Gasteiger partial charge >= 0.3 is 6.09 Å². The summed E-state index contributed by atoms with van der Waals surface area (Å²) in [4.78, 5) is 13.6. The van der Waals surface area contributed by atoms with Crippen LogP contribution in [0.5, 0.6) is 5.75 Å². The van der Waals surface area contributed by atoms with Gasteiger partial charge in [0, 0.05) is 19.0 Å². The van der Waals surface area contributed by atoms with Gasteiger partial charge in [0.2, 0.25) is 0 Å². The second-order valence-corrected chi connectivity index (χ2v) is 6.81. The minimum absolute atomic E-state index is 0.141. The van der Waals surface area contributed by atoms with Crippen molar-refractivity contribution in [2.24, 2.45) is 5.92 Å². The summed E-state index contributed by atoms with van der Waals surface area (Å²) in [5.41, 5.74) is -0.0632. The zero-order chi connectivity index (χ0) is 17.2. The second-order valence-electron chi connectivity index (χ2n) is 6.81. The van der Waals surface area contributed by atoms with Gasteiger partial charge in [-0.05, 0) is 44.9 Å². The average Bonchev–Trinajstić information content (AvgIpc) is 2.94. The molecular formula is C17H24FNO4. The number of hydrogen-bond donors (Lipinski definition) is 1. The number of rotatable bonds is 3. The van der Waals surface area contributed by atoms with Gasteiger partial charge in [-0.1, -0.05) is 6.07 Å². The molecule has 0 spiro atoms. The van der Waals surface area contributed by atoms with Crippen LogP contribution in [0.25, 0.3) is 0 Å². The van der Waals surface area contributed by atoms with Crippen LogP contribution in [0.3, 0.4) is 0 Å². The Balaban J connectivity index is 2.01. The highest BCUT2D eigenvalue weighted by Gasteiger charge is 2.34. The first-order valence-electron chi connectivity index (χ1n) is 7.70. The van der Waals surface area contributed by atoms with E-state index in [9.17, 15) is 14.3 Å². The Hall–Kier alpha value is -1.82. The number of aliphatic hydroxyl groups excluding tert-OH is 1. The zero-order valence-corrected chi connectivity index (χ0v) is 14.0. The lowest BCUT2D eigenvalue weighted by molar-refractivity contribution is 0.0268. The molecule has 0 bridgehead atoms. The van der Waals surface area contributed by atoms with Crippen molar-refractivity contribution >= 4 is 6.09 Å². The molecule has 1 N–H and O–H groups in total. The summed E-state index contributed by atoms with van der Waals surface area (Å²) in [6.45, 7) is 6.35. The third kappa shape index (κ3) is 4.34. The Morgan fingerprint density at radius 3 is 2.70 bits per heavy atom. The molecule has 2 rings (SSSR count). The second kappa shape index (κ2) is 6.74. The Morgan fingerprint density at radius 1 is 1.43 bits per heavy atom. The molecule has 1 aliphatic rings. The number of halogens is 1. The minimum atomic E-state index is -0.831. The molecule has 0 aromatic heterocycles. The van der Waals surface area contributed by atoms with Gasteiger partial charge in [-0.3, -0.25) is 0 Å². The highest BCUT2D eigenvalue weighted by atomic mass is 19.1. The standard InChI is InChI=1S/C17H24FNO4/c1-17(2,3)23-16(21)19-8-7-12(10-19)15(20)11-5-6-14(22-4)13(18)9-11/h5-6,9,12,15,20H,7-8,10H2,1-4H3. The van der Waals surface area contributed by atoms with Crippen LogP contribution in [-0.4, -0.2) is 41.9 Å². The molecule has 1 aliphatic heterocycles. The summed E-state index contributed by atoms with van der Waals surface area (Å²) in [7, 11) is 1.39. The number of aliphatic hydroxyl groups is 1. The summed E-state index contributed by atoms with van der Waals surface area (Å²) in [5, 5.41) is 10.5. The van der Waals surface area contributed by atoms with Gasteiger partial charge in [0.1, 0.15) is 5.60 Å². The SMILES string of the molecule is COc1ccc(C(O)C2CCN(C(=O)OC(C)(C)C)C2)cc1F. The predicted octanol–water partition coefficient (Wildman–Crippen LogP) is 3.12. The molecule has 1 fully saturated rings. The van der Waals surface area contributed by atoms with Gasteiger partial charge < -0.3 is 19.5 Å². The van der Waals surface area contributed by atoms with E-state index in [-0.39, 0.29) is 17.8 Å². The fourth-order valence-corrected chi connectivity index (χ4v) is 2.68. The summed E-state index contributed by atoms with van der Waals surface area (Å²) in [6.07, 6.45) is -0.565. The van der Waals surface area contributed by atoms with Crippen molar-refractivity contribution in [2.45, 2.75) is 38.9 Å². The van der Waals surface area contributed by atoms with Crippen LogP contribution in [0.4, 0.5) is 9.18 Å². The number of hydrogen-bond acceptors (Lipinski definition) is 4. The first kappa shape index (κ1) is 17.5. The van der Waals surface area contributed by atoms with Crippen molar-refractivity contribution in [1.29, 1.82) is 0 Å². The van der Waals surface area contributed by atoms with Crippen LogP contribution < -0.4 is 4.74 Å². The molecule has 1 aromatic rings. The Morgan fingerprint density at radius 2 is 2.13 bits per heavy atom. The summed E-state index contributed by atoms with van der Waals surface area (Å²) in [6, 6.07) is 4.41. The highest BCUT2D eigenvalue weighted by Crippen LogP contribution is 2.32. The number of benzene rings is 1. The van der Waals surface area contributed by atoms with E-state index in [1.54, 1.807) is 11.0 Å². The molecule has 6 heteroatoms. The maximum atomic E-state index is 13.8. The van der Waals surface area contributed by atoms with Gasteiger partial charge in [0.05, 0.1) is 13.2 Å². The molecule has 1 heterocycles. The van der Waals surface area contributed by atoms with E-state index in [0.717, 1.165) is 0 Å². The van der Waals surface area contributed by atoms with Crippen molar-refractivity contribution in [3.8, 4) is 5.75 Å². The largest absolute Gasteiger partial charge is 0.494 e. The Kier molecular flexibility index (Phi) is 5.14. The van der Waals surface area contributed by atoms with E-state index in [1.807, 2.05) is 20.8 Å². The molecule has 0 radical (unpaired) electrons. The number of carbonyl (C=O) groups excluding carboxylic acids is 1. The van der Waals surface area contributed by atoms with E-state index in [2.05, 4.69) is 0 Å². The van der Waals surface area contributed by atoms with Crippen LogP contribution in [-0.2, 0) is 4.74 Å². The Labute approximate surface area is 136 Å². The van der Waals surface area contributed by atoms with Crippen molar-refractivity contribution in [1.82, 2.24) is 4.90 Å². The van der Waals surface area contributed by atoms with Gasteiger partial charge in [-0.2, -0.15) is 0 Å².